The summed E-state index contributed by atoms with van der Waals surface area (Å²) < 4.78 is 16.7. The van der Waals surface area contributed by atoms with Crippen LogP contribution in [0.5, 0.6) is 0 Å². The van der Waals surface area contributed by atoms with Crippen molar-refractivity contribution in [3.63, 3.8) is 0 Å². The van der Waals surface area contributed by atoms with Crippen LogP contribution in [0.3, 0.4) is 0 Å². The zero-order valence-electron chi connectivity index (χ0n) is 19.9. The lowest BCUT2D eigenvalue weighted by Gasteiger charge is -2.33. The summed E-state index contributed by atoms with van der Waals surface area (Å²) in [5, 5.41) is 15.8. The molecule has 3 aromatic heterocycles. The van der Waals surface area contributed by atoms with Gasteiger partial charge in [0.05, 0.1) is 17.7 Å². The summed E-state index contributed by atoms with van der Waals surface area (Å²) in [6.45, 7) is 4.68. The number of thiophene rings is 1. The van der Waals surface area contributed by atoms with E-state index < -0.39 is 17.7 Å². The molecule has 1 aliphatic heterocycles. The van der Waals surface area contributed by atoms with Crippen LogP contribution in [0.4, 0.5) is 4.39 Å². The van der Waals surface area contributed by atoms with Gasteiger partial charge in [-0.1, -0.05) is 13.0 Å². The van der Waals surface area contributed by atoms with Crippen LogP contribution in [0.25, 0.3) is 16.9 Å². The minimum Gasteiger partial charge on any atom is -0.481 e. The second kappa shape index (κ2) is 8.51. The Kier molecular flexibility index (Phi) is 5.40. The number of halogens is 1. The molecule has 2 aliphatic rings. The smallest absolute Gasteiger partial charge is 0.307 e. The van der Waals surface area contributed by atoms with E-state index in [9.17, 15) is 9.59 Å². The van der Waals surface area contributed by atoms with Gasteiger partial charge in [-0.15, -0.1) is 11.3 Å². The van der Waals surface area contributed by atoms with Crippen LogP contribution in [0.2, 0.25) is 0 Å². The Bertz CT molecular complexity index is 1530. The molecule has 4 heterocycles. The average Bonchev–Trinajstić information content (AvgIpc) is 3.33. The second-order valence-electron chi connectivity index (χ2n) is 9.54. The van der Waals surface area contributed by atoms with Crippen LogP contribution >= 0.6 is 11.3 Å². The first-order valence-electron chi connectivity index (χ1n) is 12.1. The summed E-state index contributed by atoms with van der Waals surface area (Å²) in [7, 11) is 0. The summed E-state index contributed by atoms with van der Waals surface area (Å²) in [4.78, 5) is 32.5. The van der Waals surface area contributed by atoms with E-state index in [1.807, 2.05) is 18.7 Å². The predicted octanol–water partition coefficient (Wildman–Crippen LogP) is 5.11. The molecule has 1 unspecified atom stereocenters. The number of carbonyl (C=O) groups is 2. The van der Waals surface area contributed by atoms with Crippen molar-refractivity contribution in [3.8, 4) is 11.3 Å². The lowest BCUT2D eigenvalue weighted by molar-refractivity contribution is -0.138. The van der Waals surface area contributed by atoms with Crippen molar-refractivity contribution in [3.05, 3.63) is 75.0 Å². The molecular weight excluding hydrogens is 479 g/mol. The van der Waals surface area contributed by atoms with E-state index in [4.69, 9.17) is 5.11 Å². The Labute approximate surface area is 211 Å². The molecule has 9 heteroatoms. The van der Waals surface area contributed by atoms with E-state index in [0.29, 0.717) is 47.5 Å². The topological polar surface area (TPSA) is 87.8 Å². The number of hydrogen-bond acceptors (Lipinski definition) is 5. The highest BCUT2D eigenvalue weighted by Crippen LogP contribution is 2.48. The number of benzene rings is 1. The van der Waals surface area contributed by atoms with E-state index >= 15 is 4.39 Å². The summed E-state index contributed by atoms with van der Waals surface area (Å²) in [5.41, 5.74) is 4.30. The molecule has 1 N–H and O–H groups in total. The lowest BCUT2D eigenvalue weighted by Crippen LogP contribution is -2.38. The highest BCUT2D eigenvalue weighted by Gasteiger charge is 2.44. The highest BCUT2D eigenvalue weighted by atomic mass is 32.1. The molecule has 1 aliphatic carbocycles. The van der Waals surface area contributed by atoms with E-state index in [1.54, 1.807) is 40.1 Å². The van der Waals surface area contributed by atoms with Crippen LogP contribution in [0.15, 0.2) is 41.8 Å². The number of aromatic nitrogens is 3. The maximum absolute atomic E-state index is 15.1. The molecule has 0 bridgehead atoms. The Balaban J connectivity index is 1.33. The predicted molar refractivity (Wildman–Crippen MR) is 134 cm³/mol. The fourth-order valence-electron chi connectivity index (χ4n) is 5.27. The van der Waals surface area contributed by atoms with Gasteiger partial charge in [0.1, 0.15) is 11.5 Å². The first-order valence-corrected chi connectivity index (χ1v) is 13.0. The number of aliphatic carboxylic acids is 1. The largest absolute Gasteiger partial charge is 0.481 e. The van der Waals surface area contributed by atoms with Gasteiger partial charge in [-0.25, -0.2) is 13.9 Å². The van der Waals surface area contributed by atoms with Crippen LogP contribution < -0.4 is 0 Å². The van der Waals surface area contributed by atoms with Crippen LogP contribution in [-0.2, 0) is 17.6 Å². The molecule has 7 nitrogen and oxygen atoms in total. The number of hydrogen-bond donors (Lipinski definition) is 1. The number of carboxylic acids is 1. The molecule has 3 atom stereocenters. The maximum Gasteiger partial charge on any atom is 0.307 e. The monoisotopic (exact) mass is 504 g/mol. The minimum absolute atomic E-state index is 0.0177. The molecule has 1 aromatic carbocycles. The molecule has 6 rings (SSSR count). The van der Waals surface area contributed by atoms with E-state index in [0.717, 1.165) is 12.1 Å². The van der Waals surface area contributed by atoms with Gasteiger partial charge in [0.25, 0.3) is 5.91 Å². The van der Waals surface area contributed by atoms with Crippen LogP contribution in [0.1, 0.15) is 64.4 Å². The van der Waals surface area contributed by atoms with Gasteiger partial charge < -0.3 is 10.0 Å². The quantitative estimate of drug-likeness (QED) is 0.408. The Morgan fingerprint density at radius 2 is 2.06 bits per heavy atom. The maximum atomic E-state index is 15.1. The third-order valence-corrected chi connectivity index (χ3v) is 8.42. The third-order valence-electron chi connectivity index (χ3n) is 7.43. The summed E-state index contributed by atoms with van der Waals surface area (Å²) in [6, 6.07) is 10.4. The van der Waals surface area contributed by atoms with Crippen molar-refractivity contribution < 1.29 is 19.1 Å². The van der Waals surface area contributed by atoms with Crippen molar-refractivity contribution in [1.82, 2.24) is 19.5 Å². The van der Waals surface area contributed by atoms with Gasteiger partial charge >= 0.3 is 5.97 Å². The number of nitrogens with zero attached hydrogens (tertiary/aromatic N) is 4. The number of amides is 1. The molecule has 0 spiro atoms. The number of aryl methyl sites for hydroxylation is 1. The molecule has 1 fully saturated rings. The van der Waals surface area contributed by atoms with Crippen molar-refractivity contribution in [2.24, 2.45) is 5.92 Å². The summed E-state index contributed by atoms with van der Waals surface area (Å²) >= 11 is 1.73. The number of carbonyl (C=O) groups excluding carboxylic acids is 1. The van der Waals surface area contributed by atoms with Crippen LogP contribution in [0, 0.1) is 11.7 Å². The standard InChI is InChI=1S/C27H25FN4O3S/c1-3-16-11-23(26(33)31-8-6-24-17(14(31)2)7-9-36-24)29-25-13-22(30-32(16)25)18-5-4-15(10-21(18)28)19-12-20(19)27(34)35/h4-5,7,9-11,13-14,19-20H,3,6,8,12H2,1-2H3,(H,34,35)/t14?,19-,20+/m0/s1. The fraction of sp³-hybridized carbons (Fsp3) is 0.333. The summed E-state index contributed by atoms with van der Waals surface area (Å²) in [5.74, 6) is -1.99. The van der Waals surface area contributed by atoms with Crippen molar-refractivity contribution in [2.45, 2.75) is 45.1 Å². The molecule has 0 radical (unpaired) electrons. The normalized spacial score (nSPS) is 21.0. The molecule has 184 valence electrons. The third kappa shape index (κ3) is 3.69. The SMILES string of the molecule is CCc1cc(C(=O)N2CCc3sccc3C2C)nc2cc(-c3ccc([C@@H]4C[C@H]4C(=O)O)cc3F)nn12. The van der Waals surface area contributed by atoms with Crippen molar-refractivity contribution in [1.29, 1.82) is 0 Å². The van der Waals surface area contributed by atoms with Gasteiger partial charge in [-0.05, 0) is 72.9 Å². The van der Waals surface area contributed by atoms with Gasteiger partial charge in [0.15, 0.2) is 5.65 Å². The average molecular weight is 505 g/mol. The number of fused-ring (bicyclic) bond motifs is 2. The van der Waals surface area contributed by atoms with E-state index in [2.05, 4.69) is 21.5 Å². The fourth-order valence-corrected chi connectivity index (χ4v) is 6.23. The Hall–Kier alpha value is -3.59. The van der Waals surface area contributed by atoms with Gasteiger partial charge in [-0.2, -0.15) is 5.10 Å². The zero-order valence-corrected chi connectivity index (χ0v) is 20.8. The zero-order chi connectivity index (χ0) is 25.1. The van der Waals surface area contributed by atoms with E-state index in [-0.39, 0.29) is 17.9 Å². The summed E-state index contributed by atoms with van der Waals surface area (Å²) in [6.07, 6.45) is 2.00. The first kappa shape index (κ1) is 22.8. The van der Waals surface area contributed by atoms with Gasteiger partial charge in [0, 0.05) is 28.7 Å². The van der Waals surface area contributed by atoms with E-state index in [1.165, 1.54) is 16.5 Å². The molecule has 1 saturated carbocycles. The number of carboxylic acid groups (broad SMARTS) is 1. The molecule has 1 amide bonds. The molecule has 36 heavy (non-hydrogen) atoms. The lowest BCUT2D eigenvalue weighted by atomic mass is 10.0. The van der Waals surface area contributed by atoms with Gasteiger partial charge in [-0.3, -0.25) is 9.59 Å². The molecule has 4 aromatic rings. The highest BCUT2D eigenvalue weighted by molar-refractivity contribution is 7.10. The second-order valence-corrected chi connectivity index (χ2v) is 10.5. The van der Waals surface area contributed by atoms with Crippen LogP contribution in [-0.4, -0.2) is 43.0 Å². The number of rotatable bonds is 5. The Morgan fingerprint density at radius 3 is 2.78 bits per heavy atom. The van der Waals surface area contributed by atoms with Crippen molar-refractivity contribution >= 4 is 28.9 Å². The van der Waals surface area contributed by atoms with Crippen molar-refractivity contribution in [2.75, 3.05) is 6.54 Å². The molecule has 0 saturated heterocycles. The van der Waals surface area contributed by atoms with Gasteiger partial charge in [0.2, 0.25) is 0 Å². The minimum atomic E-state index is -0.844. The Morgan fingerprint density at radius 1 is 1.22 bits per heavy atom. The molecular formula is C27H25FN4O3S. The first-order chi connectivity index (χ1) is 17.4.